The zero-order valence-corrected chi connectivity index (χ0v) is 12.3. The molecule has 2 rings (SSSR count). The molecular formula is C14H21N3S. The number of rotatable bonds is 5. The highest BCUT2D eigenvalue weighted by atomic mass is 32.1. The highest BCUT2D eigenvalue weighted by molar-refractivity contribution is 7.12. The second-order valence-electron chi connectivity index (χ2n) is 4.65. The van der Waals surface area contributed by atoms with Crippen LogP contribution >= 0.6 is 11.3 Å². The fourth-order valence-electron chi connectivity index (χ4n) is 2.10. The molecule has 3 nitrogen and oxygen atoms in total. The van der Waals surface area contributed by atoms with Crippen LogP contribution in [-0.2, 0) is 6.54 Å². The Morgan fingerprint density at radius 1 is 1.44 bits per heavy atom. The summed E-state index contributed by atoms with van der Waals surface area (Å²) in [6.45, 7) is 7.50. The normalized spacial score (nSPS) is 12.9. The summed E-state index contributed by atoms with van der Waals surface area (Å²) in [6, 6.07) is 2.53. The first-order valence-electron chi connectivity index (χ1n) is 6.42. The molecule has 0 aliphatic rings. The van der Waals surface area contributed by atoms with Crippen molar-refractivity contribution in [2.24, 2.45) is 0 Å². The van der Waals surface area contributed by atoms with E-state index in [9.17, 15) is 0 Å². The summed E-state index contributed by atoms with van der Waals surface area (Å²) in [6.07, 6.45) is 5.23. The Bertz CT molecular complexity index is 493. The molecule has 0 radical (unpaired) electrons. The van der Waals surface area contributed by atoms with Gasteiger partial charge in [0.25, 0.3) is 0 Å². The lowest BCUT2D eigenvalue weighted by Gasteiger charge is -2.12. The third kappa shape index (κ3) is 2.65. The van der Waals surface area contributed by atoms with Crippen LogP contribution in [-0.4, -0.2) is 16.8 Å². The van der Waals surface area contributed by atoms with E-state index in [4.69, 9.17) is 0 Å². The minimum Gasteiger partial charge on any atom is -0.309 e. The second kappa shape index (κ2) is 5.67. The molecule has 0 bridgehead atoms. The van der Waals surface area contributed by atoms with E-state index < -0.39 is 0 Å². The summed E-state index contributed by atoms with van der Waals surface area (Å²) in [5, 5.41) is 7.80. The Labute approximate surface area is 113 Å². The quantitative estimate of drug-likeness (QED) is 0.897. The Balaban J connectivity index is 2.26. The Kier molecular flexibility index (Phi) is 4.19. The molecule has 1 atom stereocenters. The maximum Gasteiger partial charge on any atom is 0.0699 e. The molecule has 2 heterocycles. The van der Waals surface area contributed by atoms with Gasteiger partial charge in [0.05, 0.1) is 12.2 Å². The van der Waals surface area contributed by atoms with Crippen LogP contribution in [0.5, 0.6) is 0 Å². The van der Waals surface area contributed by atoms with Crippen molar-refractivity contribution in [2.75, 3.05) is 7.05 Å². The summed E-state index contributed by atoms with van der Waals surface area (Å²) in [5.41, 5.74) is 2.61. The summed E-state index contributed by atoms with van der Waals surface area (Å²) < 4.78 is 2.02. The fraction of sp³-hybridized carbons (Fsp3) is 0.500. The summed E-state index contributed by atoms with van der Waals surface area (Å²) in [4.78, 5) is 2.76. The minimum atomic E-state index is 0.257. The van der Waals surface area contributed by atoms with Crippen molar-refractivity contribution in [3.63, 3.8) is 0 Å². The van der Waals surface area contributed by atoms with Crippen LogP contribution in [0.3, 0.4) is 0 Å². The van der Waals surface area contributed by atoms with Crippen molar-refractivity contribution in [2.45, 2.75) is 39.8 Å². The van der Waals surface area contributed by atoms with Gasteiger partial charge in [-0.3, -0.25) is 4.68 Å². The lowest BCUT2D eigenvalue weighted by Crippen LogP contribution is -2.15. The summed E-state index contributed by atoms with van der Waals surface area (Å²) in [7, 11) is 2.01. The van der Waals surface area contributed by atoms with Gasteiger partial charge >= 0.3 is 0 Å². The number of nitrogens with zero attached hydrogens (tertiary/aromatic N) is 2. The molecule has 1 N–H and O–H groups in total. The molecule has 0 spiro atoms. The number of aromatic nitrogens is 2. The van der Waals surface area contributed by atoms with E-state index in [1.165, 1.54) is 20.9 Å². The Morgan fingerprint density at radius 3 is 2.78 bits per heavy atom. The van der Waals surface area contributed by atoms with Crippen molar-refractivity contribution in [1.29, 1.82) is 0 Å². The SMILES string of the molecule is CCCn1cc(C(NC)c2cc(C)c(C)s2)cn1. The van der Waals surface area contributed by atoms with Crippen LogP contribution in [0.1, 0.15) is 40.3 Å². The molecular weight excluding hydrogens is 242 g/mol. The summed E-state index contributed by atoms with van der Waals surface area (Å²) >= 11 is 1.86. The molecule has 0 aromatic carbocycles. The largest absolute Gasteiger partial charge is 0.309 e. The van der Waals surface area contributed by atoms with Crippen molar-refractivity contribution < 1.29 is 0 Å². The van der Waals surface area contributed by atoms with Crippen LogP contribution in [0, 0.1) is 13.8 Å². The molecule has 0 amide bonds. The average molecular weight is 263 g/mol. The van der Waals surface area contributed by atoms with E-state index in [-0.39, 0.29) is 6.04 Å². The van der Waals surface area contributed by atoms with E-state index in [1.807, 2.05) is 29.3 Å². The molecule has 0 fully saturated rings. The smallest absolute Gasteiger partial charge is 0.0699 e. The standard InChI is InChI=1S/C14H21N3S/c1-5-6-17-9-12(8-16-17)14(15-4)13-7-10(2)11(3)18-13/h7-9,14-15H,5-6H2,1-4H3. The van der Waals surface area contributed by atoms with Gasteiger partial charge in [0, 0.05) is 28.1 Å². The first-order valence-corrected chi connectivity index (χ1v) is 7.24. The maximum absolute atomic E-state index is 4.41. The molecule has 0 saturated carbocycles. The highest BCUT2D eigenvalue weighted by Crippen LogP contribution is 2.30. The number of thiophene rings is 1. The van der Waals surface area contributed by atoms with Gasteiger partial charge in [-0.05, 0) is 38.9 Å². The van der Waals surface area contributed by atoms with E-state index in [0.29, 0.717) is 0 Å². The van der Waals surface area contributed by atoms with Gasteiger partial charge in [0.15, 0.2) is 0 Å². The van der Waals surface area contributed by atoms with Crippen LogP contribution in [0.2, 0.25) is 0 Å². The first kappa shape index (κ1) is 13.3. The van der Waals surface area contributed by atoms with E-state index in [0.717, 1.165) is 13.0 Å². The molecule has 2 aromatic rings. The molecule has 98 valence electrons. The highest BCUT2D eigenvalue weighted by Gasteiger charge is 2.16. The molecule has 1 unspecified atom stereocenters. The van der Waals surface area contributed by atoms with Gasteiger partial charge < -0.3 is 5.32 Å². The number of hydrogen-bond donors (Lipinski definition) is 1. The van der Waals surface area contributed by atoms with Crippen LogP contribution in [0.15, 0.2) is 18.5 Å². The molecule has 2 aromatic heterocycles. The summed E-state index contributed by atoms with van der Waals surface area (Å²) in [5.74, 6) is 0. The van der Waals surface area contributed by atoms with Crippen molar-refractivity contribution in [1.82, 2.24) is 15.1 Å². The van der Waals surface area contributed by atoms with Gasteiger partial charge in [-0.15, -0.1) is 11.3 Å². The minimum absolute atomic E-state index is 0.257. The number of hydrogen-bond acceptors (Lipinski definition) is 3. The zero-order valence-electron chi connectivity index (χ0n) is 11.5. The monoisotopic (exact) mass is 263 g/mol. The second-order valence-corrected chi connectivity index (χ2v) is 5.93. The van der Waals surface area contributed by atoms with Crippen LogP contribution < -0.4 is 5.32 Å². The fourth-order valence-corrected chi connectivity index (χ4v) is 3.28. The molecule has 0 aliphatic heterocycles. The molecule has 18 heavy (non-hydrogen) atoms. The Hall–Kier alpha value is -1.13. The molecule has 4 heteroatoms. The van der Waals surface area contributed by atoms with Crippen molar-refractivity contribution in [3.8, 4) is 0 Å². The third-order valence-electron chi connectivity index (χ3n) is 3.20. The lowest BCUT2D eigenvalue weighted by atomic mass is 10.1. The topological polar surface area (TPSA) is 29.9 Å². The molecule has 0 aliphatic carbocycles. The zero-order chi connectivity index (χ0) is 13.1. The van der Waals surface area contributed by atoms with E-state index >= 15 is 0 Å². The van der Waals surface area contributed by atoms with Crippen molar-refractivity contribution in [3.05, 3.63) is 39.3 Å². The maximum atomic E-state index is 4.41. The predicted octanol–water partition coefficient (Wildman–Crippen LogP) is 3.28. The van der Waals surface area contributed by atoms with E-state index in [1.54, 1.807) is 0 Å². The average Bonchev–Trinajstić information content (AvgIpc) is 2.90. The predicted molar refractivity (Wildman–Crippen MR) is 77.2 cm³/mol. The Morgan fingerprint density at radius 2 is 2.22 bits per heavy atom. The van der Waals surface area contributed by atoms with Gasteiger partial charge in [-0.2, -0.15) is 5.10 Å². The van der Waals surface area contributed by atoms with E-state index in [2.05, 4.69) is 43.4 Å². The van der Waals surface area contributed by atoms with Gasteiger partial charge in [-0.1, -0.05) is 6.92 Å². The first-order chi connectivity index (χ1) is 8.65. The van der Waals surface area contributed by atoms with Crippen molar-refractivity contribution >= 4 is 11.3 Å². The van der Waals surface area contributed by atoms with Crippen LogP contribution in [0.25, 0.3) is 0 Å². The lowest BCUT2D eigenvalue weighted by molar-refractivity contribution is 0.600. The van der Waals surface area contributed by atoms with Crippen LogP contribution in [0.4, 0.5) is 0 Å². The number of aryl methyl sites for hydroxylation is 3. The van der Waals surface area contributed by atoms with Gasteiger partial charge in [0.2, 0.25) is 0 Å². The third-order valence-corrected chi connectivity index (χ3v) is 4.41. The molecule has 0 saturated heterocycles. The van der Waals surface area contributed by atoms with Gasteiger partial charge in [0.1, 0.15) is 0 Å². The number of nitrogens with one attached hydrogen (secondary N) is 1. The van der Waals surface area contributed by atoms with Gasteiger partial charge in [-0.25, -0.2) is 0 Å².